The van der Waals surface area contributed by atoms with Crippen molar-refractivity contribution in [1.29, 1.82) is 0 Å². The standard InChI is InChI=1S/C31H37N3O6S/c1-22-17-23(2)19-24(18-22)34(41(37,38)25-13-14-28(39-3)29(20-25)40-4)21-30(35)32-27-12-8-7-11-26(27)31(36)33-15-9-5-6-10-16-33/h7-8,11-14,17-20H,5-6,9-10,15-16,21H2,1-4H3,(H,32,35). The summed E-state index contributed by atoms with van der Waals surface area (Å²) < 4.78 is 39.7. The van der Waals surface area contributed by atoms with E-state index in [1.807, 2.05) is 24.8 Å². The first-order valence-corrected chi connectivity index (χ1v) is 15.1. The van der Waals surface area contributed by atoms with E-state index in [0.29, 0.717) is 35.8 Å². The number of carbonyl (C=O) groups is 2. The smallest absolute Gasteiger partial charge is 0.264 e. The second kappa shape index (κ2) is 13.1. The lowest BCUT2D eigenvalue weighted by molar-refractivity contribution is -0.114. The minimum absolute atomic E-state index is 0.0566. The van der Waals surface area contributed by atoms with Crippen molar-refractivity contribution >= 4 is 33.2 Å². The van der Waals surface area contributed by atoms with Crippen molar-refractivity contribution < 1.29 is 27.5 Å². The van der Waals surface area contributed by atoms with Gasteiger partial charge in [-0.05, 0) is 74.2 Å². The number of likely N-dealkylation sites (tertiary alicyclic amines) is 1. The molecule has 0 atom stereocenters. The molecule has 3 aromatic rings. The van der Waals surface area contributed by atoms with Crippen molar-refractivity contribution in [3.8, 4) is 11.5 Å². The zero-order valence-electron chi connectivity index (χ0n) is 24.0. The second-order valence-corrected chi connectivity index (χ2v) is 12.0. The molecule has 0 spiro atoms. The Morgan fingerprint density at radius 3 is 2.12 bits per heavy atom. The molecule has 4 rings (SSSR count). The number of rotatable bonds is 9. The molecule has 1 N–H and O–H groups in total. The predicted octanol–water partition coefficient (Wildman–Crippen LogP) is 5.17. The van der Waals surface area contributed by atoms with Crippen LogP contribution >= 0.6 is 0 Å². The number of benzene rings is 3. The summed E-state index contributed by atoms with van der Waals surface area (Å²) in [6.07, 6.45) is 4.06. The van der Waals surface area contributed by atoms with Crippen molar-refractivity contribution in [2.75, 3.05) is 43.5 Å². The molecule has 3 aromatic carbocycles. The first kappa shape index (κ1) is 29.9. The van der Waals surface area contributed by atoms with Crippen LogP contribution in [0.5, 0.6) is 11.5 Å². The van der Waals surface area contributed by atoms with Gasteiger partial charge in [0, 0.05) is 19.2 Å². The van der Waals surface area contributed by atoms with Crippen LogP contribution in [0.2, 0.25) is 0 Å². The van der Waals surface area contributed by atoms with E-state index in [4.69, 9.17) is 9.47 Å². The second-order valence-electron chi connectivity index (χ2n) is 10.2. The first-order valence-electron chi connectivity index (χ1n) is 13.6. The molecule has 0 bridgehead atoms. The molecule has 0 radical (unpaired) electrons. The van der Waals surface area contributed by atoms with Crippen molar-refractivity contribution in [3.63, 3.8) is 0 Å². The molecule has 1 fully saturated rings. The van der Waals surface area contributed by atoms with Crippen LogP contribution in [0.15, 0.2) is 65.6 Å². The van der Waals surface area contributed by atoms with E-state index in [1.165, 1.54) is 32.4 Å². The predicted molar refractivity (Wildman–Crippen MR) is 159 cm³/mol. The van der Waals surface area contributed by atoms with E-state index in [-0.39, 0.29) is 16.6 Å². The van der Waals surface area contributed by atoms with E-state index < -0.39 is 22.5 Å². The molecule has 0 aliphatic carbocycles. The van der Waals surface area contributed by atoms with Gasteiger partial charge in [-0.25, -0.2) is 8.42 Å². The summed E-state index contributed by atoms with van der Waals surface area (Å²) in [4.78, 5) is 28.6. The Labute approximate surface area is 242 Å². The normalized spacial score (nSPS) is 13.7. The minimum Gasteiger partial charge on any atom is -0.493 e. The number of nitrogens with zero attached hydrogens (tertiary/aromatic N) is 2. The van der Waals surface area contributed by atoms with Gasteiger partial charge in [0.2, 0.25) is 5.91 Å². The molecule has 0 saturated carbocycles. The number of nitrogens with one attached hydrogen (secondary N) is 1. The maximum absolute atomic E-state index is 14.0. The van der Waals surface area contributed by atoms with Gasteiger partial charge in [-0.15, -0.1) is 0 Å². The van der Waals surface area contributed by atoms with Crippen LogP contribution in [-0.4, -0.2) is 59.0 Å². The largest absolute Gasteiger partial charge is 0.493 e. The van der Waals surface area contributed by atoms with Crippen LogP contribution in [0.1, 0.15) is 47.2 Å². The van der Waals surface area contributed by atoms with Crippen molar-refractivity contribution in [1.82, 2.24) is 4.90 Å². The summed E-state index contributed by atoms with van der Waals surface area (Å²) in [6, 6.07) is 16.5. The quantitative estimate of drug-likeness (QED) is 0.375. The maximum atomic E-state index is 14.0. The number of hydrogen-bond donors (Lipinski definition) is 1. The molecule has 41 heavy (non-hydrogen) atoms. The van der Waals surface area contributed by atoms with E-state index in [2.05, 4.69) is 5.32 Å². The van der Waals surface area contributed by atoms with Gasteiger partial charge in [0.15, 0.2) is 11.5 Å². The molecule has 1 aliphatic heterocycles. The van der Waals surface area contributed by atoms with E-state index >= 15 is 0 Å². The van der Waals surface area contributed by atoms with Crippen LogP contribution in [-0.2, 0) is 14.8 Å². The van der Waals surface area contributed by atoms with Gasteiger partial charge in [-0.3, -0.25) is 13.9 Å². The van der Waals surface area contributed by atoms with Crippen molar-refractivity contribution in [3.05, 3.63) is 77.4 Å². The molecule has 218 valence electrons. The van der Waals surface area contributed by atoms with Crippen molar-refractivity contribution in [2.45, 2.75) is 44.4 Å². The average molecular weight is 580 g/mol. The van der Waals surface area contributed by atoms with Gasteiger partial charge < -0.3 is 19.7 Å². The molecule has 1 aliphatic rings. The summed E-state index contributed by atoms with van der Waals surface area (Å²) in [7, 11) is -1.33. The first-order chi connectivity index (χ1) is 19.6. The molecule has 9 nitrogen and oxygen atoms in total. The Hall–Kier alpha value is -4.05. The lowest BCUT2D eigenvalue weighted by atomic mass is 10.1. The highest BCUT2D eigenvalue weighted by Crippen LogP contribution is 2.33. The Morgan fingerprint density at radius 1 is 0.854 bits per heavy atom. The van der Waals surface area contributed by atoms with Gasteiger partial charge in [-0.2, -0.15) is 0 Å². The van der Waals surface area contributed by atoms with Gasteiger partial charge in [-0.1, -0.05) is 31.0 Å². The number of sulfonamides is 1. The zero-order chi connectivity index (χ0) is 29.6. The fourth-order valence-electron chi connectivity index (χ4n) is 5.06. The third-order valence-electron chi connectivity index (χ3n) is 7.05. The molecule has 10 heteroatoms. The summed E-state index contributed by atoms with van der Waals surface area (Å²) in [5.41, 5.74) is 2.77. The number of hydrogen-bond acceptors (Lipinski definition) is 6. The SMILES string of the molecule is COc1ccc(S(=O)(=O)N(CC(=O)Nc2ccccc2C(=O)N2CCCCCC2)c2cc(C)cc(C)c2)cc1OC. The monoisotopic (exact) mass is 579 g/mol. The molecule has 1 heterocycles. The minimum atomic E-state index is -4.22. The molecular weight excluding hydrogens is 542 g/mol. The summed E-state index contributed by atoms with van der Waals surface area (Å²) in [5.74, 6) is -0.0941. The number of amides is 2. The highest BCUT2D eigenvalue weighted by molar-refractivity contribution is 7.92. The molecule has 0 aromatic heterocycles. The van der Waals surface area contributed by atoms with Crippen molar-refractivity contribution in [2.24, 2.45) is 0 Å². The van der Waals surface area contributed by atoms with Crippen LogP contribution in [0.3, 0.4) is 0 Å². The van der Waals surface area contributed by atoms with Gasteiger partial charge in [0.1, 0.15) is 6.54 Å². The third kappa shape index (κ3) is 7.00. The lowest BCUT2D eigenvalue weighted by Crippen LogP contribution is -2.38. The highest BCUT2D eigenvalue weighted by atomic mass is 32.2. The number of aryl methyl sites for hydroxylation is 2. The topological polar surface area (TPSA) is 105 Å². The highest BCUT2D eigenvalue weighted by Gasteiger charge is 2.29. The summed E-state index contributed by atoms with van der Waals surface area (Å²) >= 11 is 0. The maximum Gasteiger partial charge on any atom is 0.264 e. The Morgan fingerprint density at radius 2 is 1.49 bits per heavy atom. The number of carbonyl (C=O) groups excluding carboxylic acids is 2. The summed E-state index contributed by atoms with van der Waals surface area (Å²) in [6.45, 7) is 4.56. The van der Waals surface area contributed by atoms with Gasteiger partial charge >= 0.3 is 0 Å². The lowest BCUT2D eigenvalue weighted by Gasteiger charge is -2.26. The molecule has 2 amide bonds. The number of anilines is 2. The van der Waals surface area contributed by atoms with E-state index in [1.54, 1.807) is 36.4 Å². The number of ether oxygens (including phenoxy) is 2. The fraction of sp³-hybridized carbons (Fsp3) is 0.355. The Kier molecular flexibility index (Phi) is 9.54. The molecule has 0 unspecified atom stereocenters. The zero-order valence-corrected chi connectivity index (χ0v) is 24.8. The van der Waals surface area contributed by atoms with Crippen LogP contribution < -0.4 is 19.1 Å². The Balaban J connectivity index is 1.67. The Bertz CT molecular complexity index is 1490. The number of para-hydroxylation sites is 1. The van der Waals surface area contributed by atoms with Gasteiger partial charge in [0.05, 0.1) is 36.1 Å². The molecule has 1 saturated heterocycles. The van der Waals surface area contributed by atoms with Crippen LogP contribution in [0, 0.1) is 13.8 Å². The van der Waals surface area contributed by atoms with E-state index in [0.717, 1.165) is 41.1 Å². The molecular formula is C31H37N3O6S. The third-order valence-corrected chi connectivity index (χ3v) is 8.82. The van der Waals surface area contributed by atoms with Gasteiger partial charge in [0.25, 0.3) is 15.9 Å². The van der Waals surface area contributed by atoms with Crippen LogP contribution in [0.4, 0.5) is 11.4 Å². The summed E-state index contributed by atoms with van der Waals surface area (Å²) in [5, 5.41) is 2.80. The fourth-order valence-corrected chi connectivity index (χ4v) is 6.48. The number of methoxy groups -OCH3 is 2. The van der Waals surface area contributed by atoms with Crippen LogP contribution in [0.25, 0.3) is 0 Å². The average Bonchev–Trinajstić information content (AvgIpc) is 3.24. The van der Waals surface area contributed by atoms with E-state index in [9.17, 15) is 18.0 Å².